The predicted molar refractivity (Wildman–Crippen MR) is 125 cm³/mol. The van der Waals surface area contributed by atoms with Crippen LogP contribution in [0.5, 0.6) is 5.75 Å². The molecule has 1 aromatic carbocycles. The van der Waals surface area contributed by atoms with Crippen LogP contribution in [-0.2, 0) is 7.05 Å². The van der Waals surface area contributed by atoms with Crippen LogP contribution in [0.15, 0.2) is 30.3 Å². The molecule has 0 spiro atoms. The van der Waals surface area contributed by atoms with Crippen molar-refractivity contribution in [2.24, 2.45) is 7.05 Å². The van der Waals surface area contributed by atoms with E-state index in [1.54, 1.807) is 43.1 Å². The number of pyridine rings is 1. The quantitative estimate of drug-likeness (QED) is 0.649. The molecule has 2 aliphatic rings. The number of fused-ring (bicyclic) bond motifs is 1. The van der Waals surface area contributed by atoms with Crippen molar-refractivity contribution < 1.29 is 14.3 Å². The van der Waals surface area contributed by atoms with E-state index in [0.717, 1.165) is 53.9 Å². The molecule has 0 bridgehead atoms. The van der Waals surface area contributed by atoms with E-state index in [4.69, 9.17) is 14.8 Å². The minimum absolute atomic E-state index is 0.00302. The van der Waals surface area contributed by atoms with E-state index in [9.17, 15) is 9.59 Å². The topological polar surface area (TPSA) is 89.3 Å². The van der Waals surface area contributed by atoms with E-state index < -0.39 is 0 Å². The molecule has 1 unspecified atom stereocenters. The van der Waals surface area contributed by atoms with Crippen molar-refractivity contribution in [2.45, 2.75) is 37.5 Å². The van der Waals surface area contributed by atoms with Gasteiger partial charge in [0.05, 0.1) is 23.8 Å². The second kappa shape index (κ2) is 8.50. The molecule has 3 heterocycles. The summed E-state index contributed by atoms with van der Waals surface area (Å²) in [6.07, 6.45) is 4.02. The highest BCUT2D eigenvalue weighted by molar-refractivity contribution is 6.06. The Balaban J connectivity index is 1.49. The maximum Gasteiger partial charge on any atom is 0.253 e. The fourth-order valence-corrected chi connectivity index (χ4v) is 4.79. The van der Waals surface area contributed by atoms with Crippen molar-refractivity contribution in [3.63, 3.8) is 0 Å². The van der Waals surface area contributed by atoms with Gasteiger partial charge in [-0.1, -0.05) is 0 Å². The van der Waals surface area contributed by atoms with E-state index in [2.05, 4.69) is 5.32 Å². The number of methoxy groups -OCH3 is 1. The van der Waals surface area contributed by atoms with Gasteiger partial charge >= 0.3 is 0 Å². The van der Waals surface area contributed by atoms with Gasteiger partial charge in [0.25, 0.3) is 11.8 Å². The van der Waals surface area contributed by atoms with Crippen molar-refractivity contribution in [3.8, 4) is 5.75 Å². The molecule has 1 aliphatic carbocycles. The predicted octanol–water partition coefficient (Wildman–Crippen LogP) is 3.23. The zero-order valence-electron chi connectivity index (χ0n) is 19.3. The third kappa shape index (κ3) is 3.94. The van der Waals surface area contributed by atoms with Crippen LogP contribution in [-0.4, -0.2) is 58.7 Å². The normalized spacial score (nSPS) is 18.4. The van der Waals surface area contributed by atoms with Gasteiger partial charge < -0.3 is 15.0 Å². The minimum Gasteiger partial charge on any atom is -0.497 e. The number of aromatic nitrogens is 3. The van der Waals surface area contributed by atoms with Crippen LogP contribution < -0.4 is 10.1 Å². The molecule has 1 saturated carbocycles. The maximum absolute atomic E-state index is 13.2. The number of carbonyl (C=O) groups is 2. The van der Waals surface area contributed by atoms with Gasteiger partial charge in [-0.3, -0.25) is 14.3 Å². The number of likely N-dealkylation sites (tertiary alicyclic amines) is 1. The van der Waals surface area contributed by atoms with Gasteiger partial charge in [0.2, 0.25) is 0 Å². The molecule has 1 aliphatic heterocycles. The molecule has 5 rings (SSSR count). The van der Waals surface area contributed by atoms with E-state index in [-0.39, 0.29) is 17.7 Å². The van der Waals surface area contributed by atoms with Crippen molar-refractivity contribution in [1.29, 1.82) is 0 Å². The van der Waals surface area contributed by atoms with Crippen LogP contribution in [0.2, 0.25) is 0 Å². The largest absolute Gasteiger partial charge is 0.497 e. The number of hydrogen-bond acceptors (Lipinski definition) is 5. The van der Waals surface area contributed by atoms with E-state index >= 15 is 0 Å². The summed E-state index contributed by atoms with van der Waals surface area (Å²) < 4.78 is 6.99. The van der Waals surface area contributed by atoms with Crippen LogP contribution in [0.25, 0.3) is 11.0 Å². The summed E-state index contributed by atoms with van der Waals surface area (Å²) in [7, 11) is 5.14. The van der Waals surface area contributed by atoms with Crippen molar-refractivity contribution >= 4 is 22.8 Å². The lowest BCUT2D eigenvalue weighted by Gasteiger charge is -2.32. The van der Waals surface area contributed by atoms with Gasteiger partial charge in [0, 0.05) is 50.3 Å². The van der Waals surface area contributed by atoms with Gasteiger partial charge in [0.1, 0.15) is 5.75 Å². The number of benzene rings is 1. The monoisotopic (exact) mass is 447 g/mol. The fourth-order valence-electron chi connectivity index (χ4n) is 4.79. The van der Waals surface area contributed by atoms with Gasteiger partial charge in [0.15, 0.2) is 5.65 Å². The van der Waals surface area contributed by atoms with E-state index in [1.807, 2.05) is 18.0 Å². The molecular formula is C25H29N5O3. The average Bonchev–Trinajstić information content (AvgIpc) is 3.66. The molecular weight excluding hydrogens is 418 g/mol. The number of amides is 2. The number of nitrogens with one attached hydrogen (secondary N) is 1. The van der Waals surface area contributed by atoms with Crippen molar-refractivity contribution in [2.75, 3.05) is 27.2 Å². The lowest BCUT2D eigenvalue weighted by Crippen LogP contribution is -2.39. The second-order valence-corrected chi connectivity index (χ2v) is 8.97. The number of carbonyl (C=O) groups excluding carboxylic acids is 2. The van der Waals surface area contributed by atoms with E-state index in [0.29, 0.717) is 30.1 Å². The second-order valence-electron chi connectivity index (χ2n) is 8.97. The van der Waals surface area contributed by atoms with Crippen molar-refractivity contribution in [1.82, 2.24) is 25.0 Å². The van der Waals surface area contributed by atoms with Crippen LogP contribution in [0, 0.1) is 0 Å². The Morgan fingerprint density at radius 3 is 2.55 bits per heavy atom. The minimum atomic E-state index is -0.125. The summed E-state index contributed by atoms with van der Waals surface area (Å²) in [5.74, 6) is 1.08. The highest BCUT2D eigenvalue weighted by atomic mass is 16.5. The van der Waals surface area contributed by atoms with Crippen molar-refractivity contribution in [3.05, 3.63) is 52.8 Å². The Labute approximate surface area is 192 Å². The number of nitrogens with zero attached hydrogens (tertiary/aromatic N) is 4. The third-order valence-electron chi connectivity index (χ3n) is 6.74. The smallest absolute Gasteiger partial charge is 0.253 e. The molecule has 172 valence electrons. The molecule has 1 atom stereocenters. The standard InChI is InChI=1S/C25H29N5O3/c1-26-24(31)19-13-20(15-6-7-15)27-23-21(19)22(28-29(23)2)17-5-4-12-30(14-17)25(32)16-8-10-18(33-3)11-9-16/h8-11,13,15,17H,4-7,12,14H2,1-3H3,(H,26,31). The third-order valence-corrected chi connectivity index (χ3v) is 6.74. The van der Waals surface area contributed by atoms with Crippen LogP contribution in [0.3, 0.4) is 0 Å². The Kier molecular flexibility index (Phi) is 5.52. The molecule has 2 fully saturated rings. The fraction of sp³-hybridized carbons (Fsp3) is 0.440. The SMILES string of the molecule is CNC(=O)c1cc(C2CC2)nc2c1c(C1CCCN(C(=O)c3ccc(OC)cc3)C1)nn2C. The Morgan fingerprint density at radius 2 is 1.88 bits per heavy atom. The summed E-state index contributed by atoms with van der Waals surface area (Å²) >= 11 is 0. The molecule has 1 saturated heterocycles. The first-order valence-corrected chi connectivity index (χ1v) is 11.5. The Bertz CT molecular complexity index is 1210. The zero-order valence-corrected chi connectivity index (χ0v) is 19.3. The highest BCUT2D eigenvalue weighted by Gasteiger charge is 2.33. The molecule has 8 nitrogen and oxygen atoms in total. The molecule has 2 aromatic heterocycles. The lowest BCUT2D eigenvalue weighted by atomic mass is 9.91. The molecule has 0 radical (unpaired) electrons. The summed E-state index contributed by atoms with van der Waals surface area (Å²) in [4.78, 5) is 32.8. The number of ether oxygens (including phenoxy) is 1. The first-order valence-electron chi connectivity index (χ1n) is 11.5. The summed E-state index contributed by atoms with van der Waals surface area (Å²) in [5, 5.41) is 8.41. The molecule has 1 N–H and O–H groups in total. The Hall–Kier alpha value is -3.42. The molecule has 8 heteroatoms. The summed E-state index contributed by atoms with van der Waals surface area (Å²) in [5.41, 5.74) is 3.84. The number of hydrogen-bond donors (Lipinski definition) is 1. The van der Waals surface area contributed by atoms with Gasteiger partial charge in [-0.05, 0) is 56.0 Å². The van der Waals surface area contributed by atoms with Gasteiger partial charge in [-0.2, -0.15) is 5.10 Å². The first-order chi connectivity index (χ1) is 16.0. The van der Waals surface area contributed by atoms with E-state index in [1.165, 1.54) is 0 Å². The summed E-state index contributed by atoms with van der Waals surface area (Å²) in [6, 6.07) is 9.15. The average molecular weight is 448 g/mol. The van der Waals surface area contributed by atoms with Crippen LogP contribution in [0.4, 0.5) is 0 Å². The van der Waals surface area contributed by atoms with Crippen LogP contribution >= 0.6 is 0 Å². The number of aryl methyl sites for hydroxylation is 1. The highest BCUT2D eigenvalue weighted by Crippen LogP contribution is 2.41. The zero-order chi connectivity index (χ0) is 23.1. The molecule has 2 amide bonds. The first kappa shape index (κ1) is 21.4. The van der Waals surface area contributed by atoms with Crippen LogP contribution in [0.1, 0.15) is 69.6 Å². The molecule has 3 aromatic rings. The Morgan fingerprint density at radius 1 is 1.12 bits per heavy atom. The number of rotatable bonds is 5. The maximum atomic E-state index is 13.2. The van der Waals surface area contributed by atoms with Gasteiger partial charge in [-0.25, -0.2) is 4.98 Å². The van der Waals surface area contributed by atoms with Gasteiger partial charge in [-0.15, -0.1) is 0 Å². The number of piperidine rings is 1. The summed E-state index contributed by atoms with van der Waals surface area (Å²) in [6.45, 7) is 1.27. The molecule has 33 heavy (non-hydrogen) atoms. The lowest BCUT2D eigenvalue weighted by molar-refractivity contribution is 0.0705.